The molecule has 0 aliphatic heterocycles. The first-order valence-electron chi connectivity index (χ1n) is 7.82. The van der Waals surface area contributed by atoms with Crippen molar-refractivity contribution in [3.8, 4) is 5.75 Å². The molecule has 0 heterocycles. The molecule has 4 nitrogen and oxygen atoms in total. The molecular formula is C19H21NO3. The molecule has 0 saturated carbocycles. The van der Waals surface area contributed by atoms with Crippen LogP contribution in [0.25, 0.3) is 6.08 Å². The third kappa shape index (κ3) is 5.25. The summed E-state index contributed by atoms with van der Waals surface area (Å²) in [5.74, 6) is 0.296. The number of nitro groups is 1. The fourth-order valence-corrected chi connectivity index (χ4v) is 2.18. The van der Waals surface area contributed by atoms with Crippen molar-refractivity contribution in [1.29, 1.82) is 0 Å². The van der Waals surface area contributed by atoms with Gasteiger partial charge in [-0.05, 0) is 23.6 Å². The van der Waals surface area contributed by atoms with E-state index in [-0.39, 0.29) is 5.69 Å². The molecule has 0 unspecified atom stereocenters. The van der Waals surface area contributed by atoms with E-state index in [4.69, 9.17) is 4.74 Å². The van der Waals surface area contributed by atoms with Crippen LogP contribution in [0.4, 0.5) is 5.69 Å². The first-order chi connectivity index (χ1) is 11.2. The topological polar surface area (TPSA) is 52.4 Å². The monoisotopic (exact) mass is 311 g/mol. The summed E-state index contributed by atoms with van der Waals surface area (Å²) < 4.78 is 5.62. The van der Waals surface area contributed by atoms with E-state index in [1.165, 1.54) is 0 Å². The number of benzene rings is 2. The number of allylic oxidation sites excluding steroid dienone is 1. The Bertz CT molecular complexity index is 666. The molecule has 120 valence electrons. The zero-order valence-electron chi connectivity index (χ0n) is 13.3. The zero-order chi connectivity index (χ0) is 16.5. The summed E-state index contributed by atoms with van der Waals surface area (Å²) in [5, 5.41) is 11.3. The van der Waals surface area contributed by atoms with Crippen molar-refractivity contribution >= 4 is 11.8 Å². The second-order valence-corrected chi connectivity index (χ2v) is 5.30. The van der Waals surface area contributed by atoms with Gasteiger partial charge in [0, 0.05) is 6.07 Å². The van der Waals surface area contributed by atoms with Crippen LogP contribution in [0.1, 0.15) is 37.3 Å². The lowest BCUT2D eigenvalue weighted by Gasteiger charge is -2.07. The van der Waals surface area contributed by atoms with E-state index in [1.807, 2.05) is 48.6 Å². The standard InChI is InChI=1S/C19H21NO3/c1-2-3-4-6-9-16-12-13-19(18(14-16)20(21)22)23-15-17-10-7-5-8-11-17/h5-14H,2-4,15H2,1H3. The summed E-state index contributed by atoms with van der Waals surface area (Å²) in [6, 6.07) is 14.7. The van der Waals surface area contributed by atoms with Crippen molar-refractivity contribution in [1.82, 2.24) is 0 Å². The summed E-state index contributed by atoms with van der Waals surface area (Å²) in [6.45, 7) is 2.45. The molecule has 4 heteroatoms. The van der Waals surface area contributed by atoms with Gasteiger partial charge in [0.25, 0.3) is 0 Å². The fraction of sp³-hybridized carbons (Fsp3) is 0.263. The molecule has 0 aliphatic rings. The van der Waals surface area contributed by atoms with Gasteiger partial charge in [-0.2, -0.15) is 0 Å². The smallest absolute Gasteiger partial charge is 0.311 e. The number of rotatable bonds is 8. The van der Waals surface area contributed by atoms with Crippen LogP contribution in [0.2, 0.25) is 0 Å². The Balaban J connectivity index is 2.10. The van der Waals surface area contributed by atoms with Crippen molar-refractivity contribution in [3.63, 3.8) is 0 Å². The van der Waals surface area contributed by atoms with Gasteiger partial charge in [0.1, 0.15) is 6.61 Å². The normalized spacial score (nSPS) is 10.8. The van der Waals surface area contributed by atoms with E-state index < -0.39 is 4.92 Å². The molecule has 23 heavy (non-hydrogen) atoms. The number of ether oxygens (including phenoxy) is 1. The largest absolute Gasteiger partial charge is 0.482 e. The molecule has 2 rings (SSSR count). The summed E-state index contributed by atoms with van der Waals surface area (Å²) in [7, 11) is 0. The minimum atomic E-state index is -0.399. The lowest BCUT2D eigenvalue weighted by atomic mass is 10.1. The van der Waals surface area contributed by atoms with Crippen molar-refractivity contribution in [2.45, 2.75) is 32.8 Å². The van der Waals surface area contributed by atoms with E-state index in [0.717, 1.165) is 30.4 Å². The molecular weight excluding hydrogens is 290 g/mol. The van der Waals surface area contributed by atoms with E-state index >= 15 is 0 Å². The molecule has 0 atom stereocenters. The second-order valence-electron chi connectivity index (χ2n) is 5.30. The number of hydrogen-bond acceptors (Lipinski definition) is 3. The molecule has 0 fully saturated rings. The Kier molecular flexibility index (Phi) is 6.36. The first-order valence-corrected chi connectivity index (χ1v) is 7.82. The van der Waals surface area contributed by atoms with Gasteiger partial charge in [-0.1, -0.05) is 68.3 Å². The Morgan fingerprint density at radius 1 is 1.17 bits per heavy atom. The maximum atomic E-state index is 11.3. The highest BCUT2D eigenvalue weighted by Gasteiger charge is 2.15. The van der Waals surface area contributed by atoms with E-state index in [9.17, 15) is 10.1 Å². The van der Waals surface area contributed by atoms with Crippen molar-refractivity contribution < 1.29 is 9.66 Å². The van der Waals surface area contributed by atoms with Crippen LogP contribution in [-0.4, -0.2) is 4.92 Å². The predicted molar refractivity (Wildman–Crippen MR) is 92.4 cm³/mol. The summed E-state index contributed by atoms with van der Waals surface area (Å²) >= 11 is 0. The third-order valence-electron chi connectivity index (χ3n) is 3.45. The average Bonchev–Trinajstić information content (AvgIpc) is 2.58. The second kappa shape index (κ2) is 8.73. The minimum absolute atomic E-state index is 0.00132. The van der Waals surface area contributed by atoms with Gasteiger partial charge in [0.05, 0.1) is 4.92 Å². The van der Waals surface area contributed by atoms with Gasteiger partial charge < -0.3 is 4.74 Å². The number of nitrogens with zero attached hydrogens (tertiary/aromatic N) is 1. The van der Waals surface area contributed by atoms with Crippen LogP contribution < -0.4 is 4.74 Å². The van der Waals surface area contributed by atoms with Crippen molar-refractivity contribution in [2.75, 3.05) is 0 Å². The summed E-state index contributed by atoms with van der Waals surface area (Å²) in [4.78, 5) is 10.9. The van der Waals surface area contributed by atoms with Crippen LogP contribution >= 0.6 is 0 Å². The highest BCUT2D eigenvalue weighted by molar-refractivity contribution is 5.58. The SMILES string of the molecule is CCCCC=Cc1ccc(OCc2ccccc2)c([N+](=O)[O-])c1. The Labute approximate surface area is 136 Å². The quantitative estimate of drug-likeness (QED) is 0.374. The van der Waals surface area contributed by atoms with Gasteiger partial charge in [-0.25, -0.2) is 0 Å². The van der Waals surface area contributed by atoms with Crippen LogP contribution in [0.15, 0.2) is 54.6 Å². The van der Waals surface area contributed by atoms with Gasteiger partial charge >= 0.3 is 5.69 Å². The van der Waals surface area contributed by atoms with Crippen LogP contribution in [0, 0.1) is 10.1 Å². The molecule has 2 aromatic carbocycles. The molecule has 0 radical (unpaired) electrons. The number of unbranched alkanes of at least 4 members (excludes halogenated alkanes) is 2. The molecule has 0 N–H and O–H groups in total. The number of hydrogen-bond donors (Lipinski definition) is 0. The maximum absolute atomic E-state index is 11.3. The molecule has 0 saturated heterocycles. The average molecular weight is 311 g/mol. The van der Waals surface area contributed by atoms with Gasteiger partial charge in [-0.3, -0.25) is 10.1 Å². The highest BCUT2D eigenvalue weighted by atomic mass is 16.6. The molecule has 0 amide bonds. The van der Waals surface area contributed by atoms with Gasteiger partial charge in [0.15, 0.2) is 5.75 Å². The lowest BCUT2D eigenvalue weighted by molar-refractivity contribution is -0.386. The predicted octanol–water partition coefficient (Wildman–Crippen LogP) is 5.38. The lowest BCUT2D eigenvalue weighted by Crippen LogP contribution is -1.99. The maximum Gasteiger partial charge on any atom is 0.311 e. The Morgan fingerprint density at radius 3 is 2.65 bits per heavy atom. The molecule has 0 aliphatic carbocycles. The van der Waals surface area contributed by atoms with Crippen molar-refractivity contribution in [3.05, 3.63) is 75.8 Å². The highest BCUT2D eigenvalue weighted by Crippen LogP contribution is 2.29. The van der Waals surface area contributed by atoms with Crippen LogP contribution in [0.5, 0.6) is 5.75 Å². The van der Waals surface area contributed by atoms with E-state index in [0.29, 0.717) is 12.4 Å². The van der Waals surface area contributed by atoms with Gasteiger partial charge in [-0.15, -0.1) is 0 Å². The van der Waals surface area contributed by atoms with Crippen LogP contribution in [-0.2, 0) is 6.61 Å². The van der Waals surface area contributed by atoms with Gasteiger partial charge in [0.2, 0.25) is 0 Å². The minimum Gasteiger partial charge on any atom is -0.482 e. The summed E-state index contributed by atoms with van der Waals surface area (Å²) in [6.07, 6.45) is 7.21. The van der Waals surface area contributed by atoms with Crippen LogP contribution in [0.3, 0.4) is 0 Å². The molecule has 2 aromatic rings. The Hall–Kier alpha value is -2.62. The summed E-state index contributed by atoms with van der Waals surface area (Å²) in [5.41, 5.74) is 1.80. The zero-order valence-corrected chi connectivity index (χ0v) is 13.3. The number of nitro benzene ring substituents is 1. The van der Waals surface area contributed by atoms with E-state index in [1.54, 1.807) is 12.1 Å². The fourth-order valence-electron chi connectivity index (χ4n) is 2.18. The first kappa shape index (κ1) is 16.7. The van der Waals surface area contributed by atoms with Crippen molar-refractivity contribution in [2.24, 2.45) is 0 Å². The molecule has 0 bridgehead atoms. The van der Waals surface area contributed by atoms with E-state index in [2.05, 4.69) is 6.92 Å². The molecule has 0 aromatic heterocycles. The Morgan fingerprint density at radius 2 is 1.96 bits per heavy atom. The third-order valence-corrected chi connectivity index (χ3v) is 3.45. The molecule has 0 spiro atoms.